The van der Waals surface area contributed by atoms with Crippen LogP contribution in [0.3, 0.4) is 0 Å². The van der Waals surface area contributed by atoms with Crippen molar-refractivity contribution in [1.29, 1.82) is 0 Å². The molecule has 0 atom stereocenters. The van der Waals surface area contributed by atoms with Crippen LogP contribution in [0.15, 0.2) is 54.9 Å². The van der Waals surface area contributed by atoms with Gasteiger partial charge < -0.3 is 25.4 Å². The first-order valence-electron chi connectivity index (χ1n) is 8.29. The lowest BCUT2D eigenvalue weighted by Gasteiger charge is -2.13. The molecule has 0 radical (unpaired) electrons. The van der Waals surface area contributed by atoms with Gasteiger partial charge in [-0.25, -0.2) is 4.79 Å². The number of ether oxygens (including phenoxy) is 2. The number of aromatic amines is 1. The van der Waals surface area contributed by atoms with Crippen LogP contribution >= 0.6 is 0 Å². The Morgan fingerprint density at radius 2 is 1.96 bits per heavy atom. The van der Waals surface area contributed by atoms with Crippen molar-refractivity contribution in [1.82, 2.24) is 10.2 Å². The maximum atomic E-state index is 12.4. The van der Waals surface area contributed by atoms with E-state index in [-0.39, 0.29) is 6.03 Å². The Bertz CT molecular complexity index is 896. The molecule has 3 rings (SSSR count). The molecule has 8 heteroatoms. The molecule has 0 aliphatic rings. The van der Waals surface area contributed by atoms with Gasteiger partial charge in [0.05, 0.1) is 31.8 Å². The zero-order chi connectivity index (χ0) is 19.1. The number of aromatic nitrogens is 2. The molecule has 0 spiro atoms. The zero-order valence-electron chi connectivity index (χ0n) is 15.1. The van der Waals surface area contributed by atoms with Crippen molar-refractivity contribution in [2.45, 2.75) is 6.54 Å². The minimum absolute atomic E-state index is 0.374. The van der Waals surface area contributed by atoms with E-state index in [9.17, 15) is 4.79 Å². The first-order valence-corrected chi connectivity index (χ1v) is 8.29. The topological polar surface area (TPSA) is 100 Å². The van der Waals surface area contributed by atoms with Crippen molar-refractivity contribution >= 4 is 23.1 Å². The summed E-state index contributed by atoms with van der Waals surface area (Å²) in [6, 6.07) is 12.4. The van der Waals surface area contributed by atoms with Crippen LogP contribution in [0.4, 0.5) is 21.9 Å². The Morgan fingerprint density at radius 1 is 1.07 bits per heavy atom. The van der Waals surface area contributed by atoms with E-state index in [1.807, 2.05) is 24.3 Å². The highest BCUT2D eigenvalue weighted by Gasteiger charge is 2.09. The van der Waals surface area contributed by atoms with Crippen molar-refractivity contribution in [2.24, 2.45) is 0 Å². The Morgan fingerprint density at radius 3 is 2.70 bits per heavy atom. The molecule has 0 aliphatic carbocycles. The molecule has 140 valence electrons. The molecule has 2 amide bonds. The van der Waals surface area contributed by atoms with Gasteiger partial charge in [0.1, 0.15) is 11.5 Å². The number of hydrogen-bond donors (Lipinski definition) is 4. The van der Waals surface area contributed by atoms with E-state index in [2.05, 4.69) is 26.1 Å². The summed E-state index contributed by atoms with van der Waals surface area (Å²) in [6.45, 7) is 0.611. The first kappa shape index (κ1) is 18.1. The molecule has 0 saturated heterocycles. The van der Waals surface area contributed by atoms with Crippen molar-refractivity contribution in [2.75, 3.05) is 30.2 Å². The lowest BCUT2D eigenvalue weighted by atomic mass is 10.2. The van der Waals surface area contributed by atoms with Gasteiger partial charge in [-0.15, -0.1) is 0 Å². The summed E-state index contributed by atoms with van der Waals surface area (Å²) in [4.78, 5) is 12.4. The fourth-order valence-electron chi connectivity index (χ4n) is 2.51. The van der Waals surface area contributed by atoms with Crippen LogP contribution < -0.4 is 25.4 Å². The van der Waals surface area contributed by atoms with E-state index in [1.165, 1.54) is 0 Å². The summed E-state index contributed by atoms with van der Waals surface area (Å²) in [6.07, 6.45) is 3.48. The fourth-order valence-corrected chi connectivity index (χ4v) is 2.51. The molecule has 0 bridgehead atoms. The van der Waals surface area contributed by atoms with Crippen LogP contribution in [0.25, 0.3) is 0 Å². The van der Waals surface area contributed by atoms with Gasteiger partial charge >= 0.3 is 6.03 Å². The number of nitrogens with zero attached hydrogens (tertiary/aromatic N) is 1. The molecule has 27 heavy (non-hydrogen) atoms. The van der Waals surface area contributed by atoms with Crippen LogP contribution in [-0.2, 0) is 6.54 Å². The highest BCUT2D eigenvalue weighted by molar-refractivity contribution is 6.00. The van der Waals surface area contributed by atoms with Gasteiger partial charge in [0.25, 0.3) is 0 Å². The Balaban J connectivity index is 1.63. The number of carbonyl (C=O) groups is 1. The van der Waals surface area contributed by atoms with Crippen molar-refractivity contribution in [3.63, 3.8) is 0 Å². The van der Waals surface area contributed by atoms with Gasteiger partial charge in [0, 0.05) is 24.5 Å². The molecule has 0 unspecified atom stereocenters. The van der Waals surface area contributed by atoms with Crippen molar-refractivity contribution in [3.05, 3.63) is 60.4 Å². The second-order valence-electron chi connectivity index (χ2n) is 5.69. The molecule has 0 fully saturated rings. The summed E-state index contributed by atoms with van der Waals surface area (Å²) in [5.74, 6) is 1.17. The highest BCUT2D eigenvalue weighted by Crippen LogP contribution is 2.29. The van der Waals surface area contributed by atoms with E-state index < -0.39 is 0 Å². The van der Waals surface area contributed by atoms with E-state index in [4.69, 9.17) is 9.47 Å². The molecular formula is C19H21N5O3. The average molecular weight is 367 g/mol. The second-order valence-corrected chi connectivity index (χ2v) is 5.69. The predicted molar refractivity (Wildman–Crippen MR) is 105 cm³/mol. The number of benzene rings is 2. The van der Waals surface area contributed by atoms with Gasteiger partial charge in [-0.1, -0.05) is 12.1 Å². The number of rotatable bonds is 7. The molecule has 8 nitrogen and oxygen atoms in total. The Labute approximate surface area is 156 Å². The molecule has 0 aliphatic heterocycles. The molecule has 1 heterocycles. The molecule has 3 aromatic rings. The number of methoxy groups -OCH3 is 2. The fraction of sp³-hybridized carbons (Fsp3) is 0.158. The number of carbonyl (C=O) groups excluding carboxylic acids is 1. The second kappa shape index (κ2) is 8.61. The van der Waals surface area contributed by atoms with Crippen molar-refractivity contribution in [3.8, 4) is 11.5 Å². The number of anilines is 3. The van der Waals surface area contributed by atoms with E-state index in [0.717, 1.165) is 11.3 Å². The predicted octanol–water partition coefficient (Wildman–Crippen LogP) is 3.68. The van der Waals surface area contributed by atoms with E-state index >= 15 is 0 Å². The smallest absolute Gasteiger partial charge is 0.323 e. The molecule has 4 N–H and O–H groups in total. The van der Waals surface area contributed by atoms with Gasteiger partial charge in [0.2, 0.25) is 0 Å². The third-order valence-electron chi connectivity index (χ3n) is 3.83. The minimum atomic E-state index is -0.374. The van der Waals surface area contributed by atoms with Crippen LogP contribution in [0.5, 0.6) is 11.5 Å². The molecule has 2 aromatic carbocycles. The van der Waals surface area contributed by atoms with Gasteiger partial charge in [-0.3, -0.25) is 5.10 Å². The third kappa shape index (κ3) is 4.91. The lowest BCUT2D eigenvalue weighted by molar-refractivity contribution is 0.262. The summed E-state index contributed by atoms with van der Waals surface area (Å²) >= 11 is 0. The normalized spacial score (nSPS) is 10.1. The third-order valence-corrected chi connectivity index (χ3v) is 3.83. The Kier molecular flexibility index (Phi) is 5.78. The number of amides is 2. The first-order chi connectivity index (χ1) is 13.2. The van der Waals surface area contributed by atoms with E-state index in [0.29, 0.717) is 29.4 Å². The Hall–Kier alpha value is -3.68. The van der Waals surface area contributed by atoms with Crippen LogP contribution in [0.2, 0.25) is 0 Å². The van der Waals surface area contributed by atoms with Gasteiger partial charge in [-0.2, -0.15) is 5.10 Å². The average Bonchev–Trinajstić information content (AvgIpc) is 3.20. The monoisotopic (exact) mass is 367 g/mol. The van der Waals surface area contributed by atoms with Crippen LogP contribution in [-0.4, -0.2) is 30.4 Å². The maximum Gasteiger partial charge on any atom is 0.323 e. The SMILES string of the molecule is COc1ccc(OC)c(NC(=O)Nc2cccc(CNc3cn[nH]c3)c2)c1. The maximum absolute atomic E-state index is 12.4. The largest absolute Gasteiger partial charge is 0.497 e. The minimum Gasteiger partial charge on any atom is -0.497 e. The molecule has 1 aromatic heterocycles. The summed E-state index contributed by atoms with van der Waals surface area (Å²) in [5, 5.41) is 15.5. The van der Waals surface area contributed by atoms with Gasteiger partial charge in [-0.05, 0) is 29.8 Å². The van der Waals surface area contributed by atoms with Crippen LogP contribution in [0, 0.1) is 0 Å². The summed E-state index contributed by atoms with van der Waals surface area (Å²) < 4.78 is 10.5. The number of H-pyrrole nitrogens is 1. The van der Waals surface area contributed by atoms with E-state index in [1.54, 1.807) is 44.8 Å². The zero-order valence-corrected chi connectivity index (χ0v) is 15.1. The molecule has 0 saturated carbocycles. The number of hydrogen-bond acceptors (Lipinski definition) is 5. The number of nitrogens with one attached hydrogen (secondary N) is 4. The molecular weight excluding hydrogens is 346 g/mol. The quantitative estimate of drug-likeness (QED) is 0.510. The number of urea groups is 1. The van der Waals surface area contributed by atoms with Gasteiger partial charge in [0.15, 0.2) is 0 Å². The lowest BCUT2D eigenvalue weighted by Crippen LogP contribution is -2.20. The summed E-state index contributed by atoms with van der Waals surface area (Å²) in [5.41, 5.74) is 3.12. The highest BCUT2D eigenvalue weighted by atomic mass is 16.5. The van der Waals surface area contributed by atoms with Crippen LogP contribution in [0.1, 0.15) is 5.56 Å². The van der Waals surface area contributed by atoms with Crippen molar-refractivity contribution < 1.29 is 14.3 Å². The summed E-state index contributed by atoms with van der Waals surface area (Å²) in [7, 11) is 3.11. The standard InChI is InChI=1S/C19H21N5O3/c1-26-16-6-7-18(27-2)17(9-16)24-19(25)23-14-5-3-4-13(8-14)10-20-15-11-21-22-12-15/h3-9,11-12,20H,10H2,1-2H3,(H,21,22)(H2,23,24,25).